The summed E-state index contributed by atoms with van der Waals surface area (Å²) in [5.41, 5.74) is -0.210. The molecular formula is C29H38N2O5. The van der Waals surface area contributed by atoms with Gasteiger partial charge in [0.15, 0.2) is 5.78 Å². The Hall–Kier alpha value is -2.70. The molecule has 7 nitrogen and oxygen atoms in total. The highest BCUT2D eigenvalue weighted by Gasteiger charge is 2.58. The van der Waals surface area contributed by atoms with Crippen LogP contribution in [0.2, 0.25) is 0 Å². The molecule has 3 saturated carbocycles. The molecule has 194 valence electrons. The van der Waals surface area contributed by atoms with E-state index in [1.165, 1.54) is 12.5 Å². The highest BCUT2D eigenvalue weighted by atomic mass is 16.3. The predicted molar refractivity (Wildman–Crippen MR) is 134 cm³/mol. The fourth-order valence-corrected chi connectivity index (χ4v) is 8.22. The van der Waals surface area contributed by atoms with Crippen LogP contribution in [0, 0.1) is 47.3 Å². The zero-order valence-corrected chi connectivity index (χ0v) is 21.2. The number of amides is 2. The first-order valence-corrected chi connectivity index (χ1v) is 13.7. The third-order valence-electron chi connectivity index (χ3n) is 9.88. The molecule has 0 radical (unpaired) electrons. The highest BCUT2D eigenvalue weighted by Crippen LogP contribution is 2.61. The minimum Gasteiger partial charge on any atom is -0.507 e. The van der Waals surface area contributed by atoms with Gasteiger partial charge in [-0.3, -0.25) is 19.2 Å². The van der Waals surface area contributed by atoms with Crippen LogP contribution in [0.15, 0.2) is 35.6 Å². The van der Waals surface area contributed by atoms with E-state index in [9.17, 15) is 24.3 Å². The van der Waals surface area contributed by atoms with Crippen molar-refractivity contribution in [3.63, 3.8) is 0 Å². The minimum absolute atomic E-state index is 0.0684. The summed E-state index contributed by atoms with van der Waals surface area (Å²) in [5, 5.41) is 16.2. The quantitative estimate of drug-likeness (QED) is 0.484. The number of nitrogens with one attached hydrogen (secondary N) is 2. The van der Waals surface area contributed by atoms with Gasteiger partial charge in [-0.15, -0.1) is 0 Å². The number of carbonyl (C=O) groups is 4. The van der Waals surface area contributed by atoms with Crippen LogP contribution in [0.1, 0.15) is 58.8 Å². The van der Waals surface area contributed by atoms with E-state index in [4.69, 9.17) is 0 Å². The van der Waals surface area contributed by atoms with Gasteiger partial charge < -0.3 is 15.7 Å². The lowest BCUT2D eigenvalue weighted by Gasteiger charge is -2.40. The van der Waals surface area contributed by atoms with Crippen molar-refractivity contribution in [1.29, 1.82) is 0 Å². The molecule has 3 N–H and O–H groups in total. The van der Waals surface area contributed by atoms with Gasteiger partial charge in [-0.25, -0.2) is 0 Å². The van der Waals surface area contributed by atoms with E-state index in [2.05, 4.69) is 24.5 Å². The Bertz CT molecular complexity index is 1040. The van der Waals surface area contributed by atoms with Gasteiger partial charge in [-0.2, -0.15) is 0 Å². The first kappa shape index (κ1) is 25.0. The summed E-state index contributed by atoms with van der Waals surface area (Å²) in [5.74, 6) is 1.45. The normalized spacial score (nSPS) is 42.0. The summed E-state index contributed by atoms with van der Waals surface area (Å²) in [6, 6.07) is -0.694. The Morgan fingerprint density at radius 3 is 2.67 bits per heavy atom. The second kappa shape index (κ2) is 9.98. The molecule has 36 heavy (non-hydrogen) atoms. The summed E-state index contributed by atoms with van der Waals surface area (Å²) in [4.78, 5) is 51.1. The molecule has 9 atom stereocenters. The average molecular weight is 495 g/mol. The van der Waals surface area contributed by atoms with Crippen LogP contribution in [0.5, 0.6) is 0 Å². The van der Waals surface area contributed by atoms with Crippen molar-refractivity contribution in [3.05, 3.63) is 35.6 Å². The van der Waals surface area contributed by atoms with Crippen LogP contribution in [-0.4, -0.2) is 41.1 Å². The van der Waals surface area contributed by atoms with Gasteiger partial charge in [0.1, 0.15) is 17.1 Å². The summed E-state index contributed by atoms with van der Waals surface area (Å²) in [6.07, 6.45) is 12.2. The Labute approximate surface area is 212 Å². The molecule has 5 rings (SSSR count). The number of allylic oxidation sites excluding steroid dienone is 3. The first-order valence-electron chi connectivity index (χ1n) is 13.7. The predicted octanol–water partition coefficient (Wildman–Crippen LogP) is 3.42. The van der Waals surface area contributed by atoms with E-state index < -0.39 is 17.7 Å². The Morgan fingerprint density at radius 1 is 1.08 bits per heavy atom. The molecule has 4 fully saturated rings. The van der Waals surface area contributed by atoms with E-state index in [0.29, 0.717) is 61.7 Å². The molecule has 2 aliphatic heterocycles. The molecule has 1 saturated heterocycles. The van der Waals surface area contributed by atoms with Crippen molar-refractivity contribution in [1.82, 2.24) is 10.6 Å². The van der Waals surface area contributed by atoms with Crippen molar-refractivity contribution in [3.8, 4) is 0 Å². The summed E-state index contributed by atoms with van der Waals surface area (Å²) in [7, 11) is 0. The lowest BCUT2D eigenvalue weighted by Crippen LogP contribution is -2.41. The number of hydrogen-bond acceptors (Lipinski definition) is 5. The second-order valence-electron chi connectivity index (χ2n) is 11.6. The second-order valence-corrected chi connectivity index (χ2v) is 11.6. The van der Waals surface area contributed by atoms with Crippen LogP contribution in [0.3, 0.4) is 0 Å². The van der Waals surface area contributed by atoms with Gasteiger partial charge >= 0.3 is 0 Å². The van der Waals surface area contributed by atoms with Crippen LogP contribution < -0.4 is 10.6 Å². The molecular weight excluding hydrogens is 456 g/mol. The summed E-state index contributed by atoms with van der Waals surface area (Å²) >= 11 is 0. The maximum Gasteiger partial charge on any atom is 0.259 e. The molecule has 0 aromatic carbocycles. The lowest BCUT2D eigenvalue weighted by atomic mass is 9.63. The highest BCUT2D eigenvalue weighted by molar-refractivity contribution is 6.27. The number of aliphatic hydroxyl groups excluding tert-OH is 1. The fourth-order valence-electron chi connectivity index (χ4n) is 8.22. The monoisotopic (exact) mass is 494 g/mol. The number of fused-ring (bicyclic) bond motifs is 7. The number of hydrogen-bond donors (Lipinski definition) is 3. The third-order valence-corrected chi connectivity index (χ3v) is 9.88. The Morgan fingerprint density at radius 2 is 1.89 bits per heavy atom. The molecule has 5 aliphatic rings. The third kappa shape index (κ3) is 4.35. The van der Waals surface area contributed by atoms with E-state index in [0.717, 1.165) is 12.8 Å². The molecule has 0 spiro atoms. The van der Waals surface area contributed by atoms with Crippen molar-refractivity contribution in [2.45, 2.75) is 64.8 Å². The van der Waals surface area contributed by atoms with E-state index in [-0.39, 0.29) is 40.9 Å². The lowest BCUT2D eigenvalue weighted by molar-refractivity contribution is -0.131. The molecule has 0 unspecified atom stereocenters. The van der Waals surface area contributed by atoms with Crippen LogP contribution >= 0.6 is 0 Å². The zero-order valence-electron chi connectivity index (χ0n) is 21.2. The van der Waals surface area contributed by atoms with Gasteiger partial charge in [-0.05, 0) is 85.7 Å². The van der Waals surface area contributed by atoms with Crippen LogP contribution in [-0.2, 0) is 19.2 Å². The molecule has 3 aliphatic carbocycles. The van der Waals surface area contributed by atoms with E-state index in [1.807, 2.05) is 12.2 Å². The van der Waals surface area contributed by atoms with Crippen LogP contribution in [0.4, 0.5) is 0 Å². The molecule has 2 amide bonds. The first-order chi connectivity index (χ1) is 17.3. The maximum atomic E-state index is 13.5. The minimum atomic E-state index is -0.694. The largest absolute Gasteiger partial charge is 0.507 e. The number of Topliss-reactive ketones (excluding diaryl/α,β-unsaturated/α-hetero) is 2. The summed E-state index contributed by atoms with van der Waals surface area (Å²) in [6.45, 7) is 4.98. The smallest absolute Gasteiger partial charge is 0.259 e. The number of carbonyl (C=O) groups excluding carboxylic acids is 4. The van der Waals surface area contributed by atoms with Crippen molar-refractivity contribution < 1.29 is 24.3 Å². The molecule has 2 bridgehead atoms. The average Bonchev–Trinajstić information content (AvgIpc) is 3.46. The van der Waals surface area contributed by atoms with Gasteiger partial charge in [0.2, 0.25) is 5.91 Å². The number of ketones is 2. The van der Waals surface area contributed by atoms with Crippen molar-refractivity contribution in [2.24, 2.45) is 47.3 Å². The van der Waals surface area contributed by atoms with Crippen molar-refractivity contribution >= 4 is 23.4 Å². The Kier molecular flexibility index (Phi) is 6.92. The molecule has 0 aromatic rings. The number of aliphatic hydroxyl groups is 1. The van der Waals surface area contributed by atoms with Gasteiger partial charge in [0, 0.05) is 18.9 Å². The van der Waals surface area contributed by atoms with Crippen molar-refractivity contribution in [2.75, 3.05) is 6.54 Å². The summed E-state index contributed by atoms with van der Waals surface area (Å²) < 4.78 is 0. The standard InChI is InChI=1S/C29H38N2O5/c1-3-16-12-18-13-20-19-6-4-8-24(34)30-11-5-7-21-28(35)27(29(36)31-21)22(32)10-9-17(19)14-23(33)26(20)25(18)15(16)2/h4,8-10,15-21,25-26,32H,3,5-7,11-14H2,1-2H3,(H,30,34)(H,31,36)/b8-4-,10-9?,27-22?/t15-,16-,17-,18-,19+,20+,21-,25+,26-/m0/s1. The molecule has 7 heteroatoms. The molecule has 2 heterocycles. The Balaban J connectivity index is 1.46. The fraction of sp³-hybridized carbons (Fsp3) is 0.655. The van der Waals surface area contributed by atoms with Gasteiger partial charge in [0.05, 0.1) is 6.04 Å². The van der Waals surface area contributed by atoms with Gasteiger partial charge in [0.25, 0.3) is 5.91 Å². The number of rotatable bonds is 1. The topological polar surface area (TPSA) is 113 Å². The maximum absolute atomic E-state index is 13.5. The van der Waals surface area contributed by atoms with E-state index in [1.54, 1.807) is 6.08 Å². The zero-order chi connectivity index (χ0) is 25.6. The SMILES string of the molecule is CC[C@H]1C[C@H]2C[C@@H]3[C@@H]4C/C=C\C(=O)NCCC[C@@H]5NC(=O)C(=C(O)C=C[C@H]4CC(=O)[C@H]3[C@@H]2[C@H]1C)C5=O. The molecule has 0 aromatic heterocycles. The van der Waals surface area contributed by atoms with E-state index >= 15 is 0 Å². The van der Waals surface area contributed by atoms with Crippen LogP contribution in [0.25, 0.3) is 0 Å². The van der Waals surface area contributed by atoms with Gasteiger partial charge in [-0.1, -0.05) is 32.4 Å².